The largest absolute Gasteiger partial charge is 0.279 e. The van der Waals surface area contributed by atoms with E-state index < -0.39 is 24.2 Å². The molecule has 30 heavy (non-hydrogen) atoms. The van der Waals surface area contributed by atoms with Gasteiger partial charge in [-0.2, -0.15) is 15.2 Å². The maximum Gasteiger partial charge on any atom is 0.251 e. The van der Waals surface area contributed by atoms with E-state index >= 15 is 0 Å². The van der Waals surface area contributed by atoms with Gasteiger partial charge < -0.3 is 0 Å². The number of hydrogen-bond donors (Lipinski definition) is 1. The van der Waals surface area contributed by atoms with Crippen LogP contribution in [-0.4, -0.2) is 37.8 Å². The predicted molar refractivity (Wildman–Crippen MR) is 102 cm³/mol. The molecule has 1 amide bonds. The Kier molecular flexibility index (Phi) is 5.47. The summed E-state index contributed by atoms with van der Waals surface area (Å²) in [5.74, 6) is -2.34. The van der Waals surface area contributed by atoms with Crippen molar-refractivity contribution in [2.75, 3.05) is 11.4 Å². The average molecular weight is 416 g/mol. The Morgan fingerprint density at radius 1 is 1.23 bits per heavy atom. The summed E-state index contributed by atoms with van der Waals surface area (Å²) in [6.07, 6.45) is 4.53. The lowest BCUT2D eigenvalue weighted by Gasteiger charge is -2.30. The number of carbonyl (C=O) groups is 1. The molecule has 0 radical (unpaired) electrons. The normalized spacial score (nSPS) is 16.9. The molecule has 1 aliphatic heterocycles. The van der Waals surface area contributed by atoms with E-state index in [4.69, 9.17) is 0 Å². The van der Waals surface area contributed by atoms with Crippen LogP contribution in [0.5, 0.6) is 0 Å². The molecule has 7 nitrogen and oxygen atoms in total. The van der Waals surface area contributed by atoms with E-state index in [1.807, 2.05) is 6.92 Å². The van der Waals surface area contributed by atoms with Crippen molar-refractivity contribution >= 4 is 11.9 Å². The quantitative estimate of drug-likeness (QED) is 0.690. The zero-order chi connectivity index (χ0) is 21.3. The number of rotatable bonds is 5. The molecule has 1 fully saturated rings. The summed E-state index contributed by atoms with van der Waals surface area (Å²) in [5.41, 5.74) is 1.54. The molecule has 0 saturated carbocycles. The van der Waals surface area contributed by atoms with Crippen molar-refractivity contribution in [1.82, 2.24) is 25.4 Å². The summed E-state index contributed by atoms with van der Waals surface area (Å²) in [5, 5.41) is 14.6. The lowest BCUT2D eigenvalue weighted by Crippen LogP contribution is -2.42. The second-order valence-electron chi connectivity index (χ2n) is 7.24. The van der Waals surface area contributed by atoms with E-state index in [1.54, 1.807) is 12.4 Å². The Balaban J connectivity index is 1.56. The Hall–Kier alpha value is -3.30. The van der Waals surface area contributed by atoms with Gasteiger partial charge in [0.05, 0.1) is 12.4 Å². The monoisotopic (exact) mass is 416 g/mol. The van der Waals surface area contributed by atoms with E-state index in [-0.39, 0.29) is 23.8 Å². The minimum absolute atomic E-state index is 0.121. The number of nitrogens with zero attached hydrogens (tertiary/aromatic N) is 5. The van der Waals surface area contributed by atoms with Gasteiger partial charge in [-0.25, -0.2) is 13.2 Å². The van der Waals surface area contributed by atoms with E-state index in [1.165, 1.54) is 11.0 Å². The molecule has 1 N–H and O–H groups in total. The van der Waals surface area contributed by atoms with Gasteiger partial charge >= 0.3 is 0 Å². The maximum absolute atomic E-state index is 13.9. The molecule has 1 unspecified atom stereocenters. The highest BCUT2D eigenvalue weighted by atomic mass is 19.2. The van der Waals surface area contributed by atoms with Gasteiger partial charge in [-0.3, -0.25) is 14.8 Å². The highest BCUT2D eigenvalue weighted by Crippen LogP contribution is 2.29. The van der Waals surface area contributed by atoms with Crippen LogP contribution >= 0.6 is 0 Å². The number of nitrogens with one attached hydrogen (secondary N) is 1. The van der Waals surface area contributed by atoms with Crippen LogP contribution in [0.15, 0.2) is 24.5 Å². The number of halogens is 3. The molecule has 10 heteroatoms. The van der Waals surface area contributed by atoms with Gasteiger partial charge in [-0.15, -0.1) is 5.10 Å². The molecule has 1 atom stereocenters. The van der Waals surface area contributed by atoms with Crippen molar-refractivity contribution in [2.45, 2.75) is 32.9 Å². The zero-order valence-corrected chi connectivity index (χ0v) is 16.2. The van der Waals surface area contributed by atoms with Gasteiger partial charge in [0.1, 0.15) is 6.67 Å². The van der Waals surface area contributed by atoms with Gasteiger partial charge in [0.2, 0.25) is 5.91 Å². The summed E-state index contributed by atoms with van der Waals surface area (Å²) in [6, 6.07) is 2.30. The Morgan fingerprint density at radius 2 is 2.03 bits per heavy atom. The lowest BCUT2D eigenvalue weighted by atomic mass is 9.88. The van der Waals surface area contributed by atoms with Crippen LogP contribution in [0.4, 0.5) is 19.1 Å². The molecule has 0 bridgehead atoms. The third-order valence-corrected chi connectivity index (χ3v) is 5.34. The minimum Gasteiger partial charge on any atom is -0.279 e. The molecule has 1 aromatic carbocycles. The van der Waals surface area contributed by atoms with E-state index in [9.17, 15) is 18.0 Å². The summed E-state index contributed by atoms with van der Waals surface area (Å²) in [7, 11) is 0. The highest BCUT2D eigenvalue weighted by Gasteiger charge is 2.33. The fourth-order valence-electron chi connectivity index (χ4n) is 3.70. The van der Waals surface area contributed by atoms with E-state index in [0.717, 1.165) is 17.2 Å². The third kappa shape index (κ3) is 3.64. The number of aromatic nitrogens is 5. The van der Waals surface area contributed by atoms with Gasteiger partial charge in [0, 0.05) is 23.6 Å². The van der Waals surface area contributed by atoms with Crippen LogP contribution < -0.4 is 4.90 Å². The second kappa shape index (κ2) is 8.21. The Bertz CT molecular complexity index is 1090. The van der Waals surface area contributed by atoms with Gasteiger partial charge in [-0.1, -0.05) is 6.07 Å². The first-order chi connectivity index (χ1) is 14.5. The molecule has 2 aromatic heterocycles. The summed E-state index contributed by atoms with van der Waals surface area (Å²) >= 11 is 0. The summed E-state index contributed by atoms with van der Waals surface area (Å²) in [4.78, 5) is 18.9. The number of aryl methyl sites for hydroxylation is 1. The smallest absolute Gasteiger partial charge is 0.251 e. The molecule has 3 aromatic rings. The van der Waals surface area contributed by atoms with Crippen molar-refractivity contribution in [2.24, 2.45) is 5.92 Å². The van der Waals surface area contributed by atoms with Crippen LogP contribution in [0.3, 0.4) is 0 Å². The first kappa shape index (κ1) is 20.0. The predicted octanol–water partition coefficient (Wildman–Crippen LogP) is 3.30. The minimum atomic E-state index is -1.20. The SMILES string of the molecule is Cc1cnncc1-c1nc(N2CCCC(Cc3ccc(F)c(F)c3CF)C2=O)n[nH]1. The standard InChI is InChI=1S/C20H19F3N6O/c1-11-9-24-25-10-15(11)18-26-20(28-27-18)29-6-2-3-13(19(29)30)7-12-4-5-16(22)17(23)14(12)8-21/h4-5,9-10,13H,2-3,6-8H2,1H3,(H,26,27,28). The zero-order valence-electron chi connectivity index (χ0n) is 16.2. The van der Waals surface area contributed by atoms with Crippen LogP contribution in [0.1, 0.15) is 29.5 Å². The molecular weight excluding hydrogens is 397 g/mol. The number of alkyl halides is 1. The average Bonchev–Trinajstić information content (AvgIpc) is 3.22. The number of anilines is 1. The molecule has 156 valence electrons. The van der Waals surface area contributed by atoms with Crippen molar-refractivity contribution in [1.29, 1.82) is 0 Å². The number of piperidine rings is 1. The fourth-order valence-corrected chi connectivity index (χ4v) is 3.70. The first-order valence-corrected chi connectivity index (χ1v) is 9.52. The van der Waals surface area contributed by atoms with Gasteiger partial charge in [-0.05, 0) is 43.4 Å². The molecular formula is C20H19F3N6O. The Labute approximate surface area is 170 Å². The number of aromatic amines is 1. The van der Waals surface area contributed by atoms with Gasteiger partial charge in [0.25, 0.3) is 5.95 Å². The van der Waals surface area contributed by atoms with E-state index in [0.29, 0.717) is 30.8 Å². The van der Waals surface area contributed by atoms with Crippen LogP contribution in [0.2, 0.25) is 0 Å². The molecule has 3 heterocycles. The number of amides is 1. The van der Waals surface area contributed by atoms with Crippen LogP contribution in [-0.2, 0) is 17.9 Å². The van der Waals surface area contributed by atoms with Crippen molar-refractivity contribution in [3.8, 4) is 11.4 Å². The molecule has 4 rings (SSSR count). The molecule has 0 aliphatic carbocycles. The number of H-pyrrole nitrogens is 1. The van der Waals surface area contributed by atoms with Crippen molar-refractivity contribution < 1.29 is 18.0 Å². The maximum atomic E-state index is 13.9. The Morgan fingerprint density at radius 3 is 2.80 bits per heavy atom. The molecule has 0 spiro atoms. The fraction of sp³-hybridized carbons (Fsp3) is 0.350. The van der Waals surface area contributed by atoms with Crippen molar-refractivity contribution in [3.05, 3.63) is 52.9 Å². The summed E-state index contributed by atoms with van der Waals surface area (Å²) in [6.45, 7) is 1.17. The topological polar surface area (TPSA) is 87.7 Å². The highest BCUT2D eigenvalue weighted by molar-refractivity contribution is 5.94. The first-order valence-electron chi connectivity index (χ1n) is 9.52. The van der Waals surface area contributed by atoms with Crippen LogP contribution in [0.25, 0.3) is 11.4 Å². The van der Waals surface area contributed by atoms with E-state index in [2.05, 4.69) is 25.4 Å². The van der Waals surface area contributed by atoms with Crippen molar-refractivity contribution in [3.63, 3.8) is 0 Å². The molecule has 1 saturated heterocycles. The lowest BCUT2D eigenvalue weighted by molar-refractivity contribution is -0.123. The summed E-state index contributed by atoms with van der Waals surface area (Å²) < 4.78 is 40.6. The molecule has 1 aliphatic rings. The van der Waals surface area contributed by atoms with Crippen LogP contribution in [0, 0.1) is 24.5 Å². The number of benzene rings is 1. The third-order valence-electron chi connectivity index (χ3n) is 5.34. The number of carbonyl (C=O) groups excluding carboxylic acids is 1. The second-order valence-corrected chi connectivity index (χ2v) is 7.24. The number of hydrogen-bond acceptors (Lipinski definition) is 5. The van der Waals surface area contributed by atoms with Gasteiger partial charge in [0.15, 0.2) is 17.5 Å².